The minimum Gasteiger partial charge on any atom is -0.492 e. The molecule has 0 unspecified atom stereocenters. The van der Waals surface area contributed by atoms with Gasteiger partial charge in [0.2, 0.25) is 0 Å². The Morgan fingerprint density at radius 2 is 1.88 bits per heavy atom. The summed E-state index contributed by atoms with van der Waals surface area (Å²) in [5.74, 6) is 1.04. The predicted molar refractivity (Wildman–Crippen MR) is 121 cm³/mol. The number of urea groups is 1. The van der Waals surface area contributed by atoms with Crippen molar-refractivity contribution >= 4 is 27.6 Å². The van der Waals surface area contributed by atoms with E-state index in [0.29, 0.717) is 35.2 Å². The smallest absolute Gasteiger partial charge is 0.312 e. The van der Waals surface area contributed by atoms with Gasteiger partial charge < -0.3 is 20.5 Å². The van der Waals surface area contributed by atoms with Gasteiger partial charge in [0.05, 0.1) is 4.70 Å². The van der Waals surface area contributed by atoms with Crippen molar-refractivity contribution in [2.24, 2.45) is 5.73 Å². The highest BCUT2D eigenvalue weighted by Crippen LogP contribution is 2.36. The van der Waals surface area contributed by atoms with E-state index in [4.69, 9.17) is 15.2 Å². The van der Waals surface area contributed by atoms with E-state index >= 15 is 0 Å². The van der Waals surface area contributed by atoms with Crippen LogP contribution in [0, 0.1) is 5.82 Å². The molecular formula is C23H25FN4O3S. The number of nitrogens with zero attached hydrogens (tertiary/aromatic N) is 2. The lowest BCUT2D eigenvalue weighted by molar-refractivity contribution is 0.1000. The number of nitrogens with two attached hydrogens (primary N) is 1. The zero-order valence-corrected chi connectivity index (χ0v) is 18.3. The van der Waals surface area contributed by atoms with Crippen LogP contribution in [0.2, 0.25) is 0 Å². The second-order valence-electron chi connectivity index (χ2n) is 8.29. The number of primary amides is 1. The lowest BCUT2D eigenvalue weighted by Gasteiger charge is -2.38. The van der Waals surface area contributed by atoms with Crippen LogP contribution in [0.5, 0.6) is 16.7 Å². The van der Waals surface area contributed by atoms with Gasteiger partial charge in [-0.15, -0.1) is 0 Å². The van der Waals surface area contributed by atoms with Crippen molar-refractivity contribution in [2.75, 3.05) is 13.2 Å². The van der Waals surface area contributed by atoms with Gasteiger partial charge in [-0.3, -0.25) is 4.90 Å². The molecule has 9 heteroatoms. The summed E-state index contributed by atoms with van der Waals surface area (Å²) >= 11 is 1.31. The van der Waals surface area contributed by atoms with Crippen molar-refractivity contribution in [3.63, 3.8) is 0 Å². The van der Waals surface area contributed by atoms with Crippen molar-refractivity contribution < 1.29 is 18.7 Å². The first-order valence-electron chi connectivity index (χ1n) is 10.8. The molecule has 0 spiro atoms. The Morgan fingerprint density at radius 3 is 2.56 bits per heavy atom. The third kappa shape index (κ3) is 4.49. The number of aromatic nitrogens is 1. The molecule has 2 fully saturated rings. The minimum atomic E-state index is -0.436. The lowest BCUT2D eigenvalue weighted by Crippen LogP contribution is -2.52. The van der Waals surface area contributed by atoms with Gasteiger partial charge in [0, 0.05) is 24.7 Å². The monoisotopic (exact) mass is 456 g/mol. The Labute approximate surface area is 189 Å². The van der Waals surface area contributed by atoms with Gasteiger partial charge in [0.15, 0.2) is 0 Å². The van der Waals surface area contributed by atoms with Crippen LogP contribution in [-0.4, -0.2) is 47.2 Å². The van der Waals surface area contributed by atoms with Crippen LogP contribution in [0.1, 0.15) is 25.7 Å². The number of para-hydroxylation sites is 1. The number of fused-ring (bicyclic) bond motifs is 3. The lowest BCUT2D eigenvalue weighted by atomic mass is 9.97. The molecule has 2 atom stereocenters. The first kappa shape index (κ1) is 21.0. The van der Waals surface area contributed by atoms with Gasteiger partial charge in [-0.2, -0.15) is 4.98 Å². The summed E-state index contributed by atoms with van der Waals surface area (Å²) in [6, 6.07) is 12.9. The highest BCUT2D eigenvalue weighted by molar-refractivity contribution is 7.20. The normalized spacial score (nSPS) is 22.7. The molecule has 2 bridgehead atoms. The van der Waals surface area contributed by atoms with Gasteiger partial charge in [-0.1, -0.05) is 17.4 Å². The highest BCUT2D eigenvalue weighted by Gasteiger charge is 2.40. The molecule has 2 aliphatic rings. The van der Waals surface area contributed by atoms with Crippen LogP contribution in [0.25, 0.3) is 10.2 Å². The predicted octanol–water partition coefficient (Wildman–Crippen LogP) is 4.27. The molecule has 0 aliphatic carbocycles. The van der Waals surface area contributed by atoms with Crippen molar-refractivity contribution in [1.29, 1.82) is 0 Å². The molecule has 7 nitrogen and oxygen atoms in total. The van der Waals surface area contributed by atoms with E-state index in [9.17, 15) is 9.18 Å². The summed E-state index contributed by atoms with van der Waals surface area (Å²) in [4.78, 5) is 17.9. The van der Waals surface area contributed by atoms with E-state index < -0.39 is 6.03 Å². The molecular weight excluding hydrogens is 431 g/mol. The van der Waals surface area contributed by atoms with Gasteiger partial charge in [-0.05, 0) is 62.1 Å². The van der Waals surface area contributed by atoms with E-state index in [1.165, 1.54) is 17.4 Å². The minimum absolute atomic E-state index is 0.182. The van der Waals surface area contributed by atoms with Crippen LogP contribution >= 0.6 is 11.3 Å². The van der Waals surface area contributed by atoms with E-state index in [0.717, 1.165) is 42.7 Å². The zero-order chi connectivity index (χ0) is 22.1. The van der Waals surface area contributed by atoms with Crippen molar-refractivity contribution in [2.45, 2.75) is 43.8 Å². The number of halogens is 1. The van der Waals surface area contributed by atoms with Crippen LogP contribution < -0.4 is 20.5 Å². The van der Waals surface area contributed by atoms with Crippen LogP contribution in [0.4, 0.5) is 9.18 Å². The van der Waals surface area contributed by atoms with E-state index in [1.54, 1.807) is 6.07 Å². The average Bonchev–Trinajstić information content (AvgIpc) is 3.27. The third-order valence-electron chi connectivity index (χ3n) is 6.23. The maximum absolute atomic E-state index is 13.8. The Morgan fingerprint density at radius 1 is 1.16 bits per heavy atom. The SMILES string of the molecule is NC(=O)NC1C[C@H]2CC[C@H](C1)N2CCOc1ccc(Oc2nc3c(F)cccc3s2)cc1. The highest BCUT2D eigenvalue weighted by atomic mass is 32.1. The average molecular weight is 457 g/mol. The maximum atomic E-state index is 13.8. The van der Waals surface area contributed by atoms with E-state index in [1.807, 2.05) is 30.3 Å². The zero-order valence-electron chi connectivity index (χ0n) is 17.5. The molecule has 2 aliphatic heterocycles. The molecule has 3 heterocycles. The van der Waals surface area contributed by atoms with E-state index in [2.05, 4.69) is 15.2 Å². The second kappa shape index (κ2) is 8.91. The standard InChI is InChI=1S/C23H25FN4O3S/c24-19-2-1-3-20-21(19)27-23(32-20)31-18-8-6-17(7-9-18)30-11-10-28-15-4-5-16(28)13-14(12-15)26-22(25)29/h1-3,6-9,14-16H,4-5,10-13H2,(H3,25,26,29)/t15-,16-/m1/s1. The van der Waals surface area contributed by atoms with E-state index in [-0.39, 0.29) is 11.9 Å². The largest absolute Gasteiger partial charge is 0.492 e. The molecule has 0 saturated carbocycles. The van der Waals surface area contributed by atoms with Crippen LogP contribution in [0.15, 0.2) is 42.5 Å². The topological polar surface area (TPSA) is 89.7 Å². The third-order valence-corrected chi connectivity index (χ3v) is 7.13. The number of benzene rings is 2. The van der Waals surface area contributed by atoms with Crippen molar-refractivity contribution in [3.8, 4) is 16.7 Å². The maximum Gasteiger partial charge on any atom is 0.312 e. The molecule has 1 aromatic heterocycles. The summed E-state index contributed by atoms with van der Waals surface area (Å²) < 4.78 is 26.3. The number of nitrogens with one attached hydrogen (secondary N) is 1. The molecule has 5 rings (SSSR count). The molecule has 2 aromatic carbocycles. The van der Waals surface area contributed by atoms with Gasteiger partial charge in [0.25, 0.3) is 5.19 Å². The fourth-order valence-electron chi connectivity index (χ4n) is 4.87. The molecule has 0 radical (unpaired) electrons. The molecule has 2 saturated heterocycles. The fraction of sp³-hybridized carbons (Fsp3) is 0.391. The van der Waals surface area contributed by atoms with Crippen LogP contribution in [-0.2, 0) is 0 Å². The van der Waals surface area contributed by atoms with Gasteiger partial charge >= 0.3 is 6.03 Å². The Kier molecular flexibility index (Phi) is 5.84. The number of thiazole rings is 1. The summed E-state index contributed by atoms with van der Waals surface area (Å²) in [7, 11) is 0. The van der Waals surface area contributed by atoms with Gasteiger partial charge in [0.1, 0.15) is 29.4 Å². The summed E-state index contributed by atoms with van der Waals surface area (Å²) in [5, 5.41) is 3.27. The summed E-state index contributed by atoms with van der Waals surface area (Å²) in [6.45, 7) is 1.45. The molecule has 3 aromatic rings. The van der Waals surface area contributed by atoms with Gasteiger partial charge in [-0.25, -0.2) is 9.18 Å². The van der Waals surface area contributed by atoms with Crippen molar-refractivity contribution in [1.82, 2.24) is 15.2 Å². The molecule has 168 valence electrons. The number of carbonyl (C=O) groups is 1. The number of rotatable bonds is 7. The number of amides is 2. The summed E-state index contributed by atoms with van der Waals surface area (Å²) in [6.07, 6.45) is 4.20. The Bertz CT molecular complexity index is 1090. The van der Waals surface area contributed by atoms with Crippen LogP contribution in [0.3, 0.4) is 0 Å². The quantitative estimate of drug-likeness (QED) is 0.554. The molecule has 32 heavy (non-hydrogen) atoms. The number of hydrogen-bond donors (Lipinski definition) is 2. The Balaban J connectivity index is 1.12. The molecule has 2 amide bonds. The molecule has 3 N–H and O–H groups in total. The van der Waals surface area contributed by atoms with Crippen molar-refractivity contribution in [3.05, 3.63) is 48.3 Å². The fourth-order valence-corrected chi connectivity index (χ4v) is 5.72. The second-order valence-corrected chi connectivity index (χ2v) is 9.28. The number of hydrogen-bond acceptors (Lipinski definition) is 6. The Hall–Kier alpha value is -2.91. The number of ether oxygens (including phenoxy) is 2. The number of carbonyl (C=O) groups excluding carboxylic acids is 1. The first-order chi connectivity index (χ1) is 15.5. The first-order valence-corrected chi connectivity index (χ1v) is 11.6. The number of piperidine rings is 1. The summed E-state index contributed by atoms with van der Waals surface area (Å²) in [5.41, 5.74) is 5.61.